The van der Waals surface area contributed by atoms with Gasteiger partial charge in [0, 0.05) is 24.3 Å². The van der Waals surface area contributed by atoms with E-state index in [1.807, 2.05) is 7.05 Å². The first-order valence-electron chi connectivity index (χ1n) is 5.38. The molecule has 0 atom stereocenters. The molecule has 1 aromatic heterocycles. The van der Waals surface area contributed by atoms with E-state index in [1.54, 1.807) is 0 Å². The summed E-state index contributed by atoms with van der Waals surface area (Å²) in [4.78, 5) is 2.17. The lowest BCUT2D eigenvalue weighted by molar-refractivity contribution is 0.370. The van der Waals surface area contributed by atoms with Crippen LogP contribution in [0.2, 0.25) is 0 Å². The average Bonchev–Trinajstić information content (AvgIpc) is 2.43. The minimum absolute atomic E-state index is 0.902. The van der Waals surface area contributed by atoms with Crippen LogP contribution in [0.1, 0.15) is 17.0 Å². The van der Waals surface area contributed by atoms with Crippen LogP contribution < -0.4 is 5.32 Å². The first-order chi connectivity index (χ1) is 7.06. The van der Waals surface area contributed by atoms with Gasteiger partial charge in [-0.25, -0.2) is 0 Å². The van der Waals surface area contributed by atoms with Crippen molar-refractivity contribution in [3.8, 4) is 0 Å². The van der Waals surface area contributed by atoms with Crippen molar-refractivity contribution in [2.45, 2.75) is 26.9 Å². The second kappa shape index (κ2) is 5.28. The van der Waals surface area contributed by atoms with Gasteiger partial charge in [0.25, 0.3) is 0 Å². The van der Waals surface area contributed by atoms with Gasteiger partial charge in [0.1, 0.15) is 0 Å². The van der Waals surface area contributed by atoms with Gasteiger partial charge in [0.15, 0.2) is 0 Å². The van der Waals surface area contributed by atoms with E-state index >= 15 is 0 Å². The predicted octanol–water partition coefficient (Wildman–Crippen LogP) is 0.781. The fourth-order valence-corrected chi connectivity index (χ4v) is 1.68. The first-order valence-corrected chi connectivity index (χ1v) is 5.38. The molecule has 0 aliphatic rings. The van der Waals surface area contributed by atoms with Crippen LogP contribution in [0.25, 0.3) is 0 Å². The van der Waals surface area contributed by atoms with Crippen molar-refractivity contribution in [3.05, 3.63) is 17.0 Å². The smallest absolute Gasteiger partial charge is 0.0641 e. The average molecular weight is 210 g/mol. The molecule has 0 aromatic carbocycles. The largest absolute Gasteiger partial charge is 0.316 e. The highest BCUT2D eigenvalue weighted by Gasteiger charge is 2.10. The molecule has 0 radical (unpaired) electrons. The highest BCUT2D eigenvalue weighted by atomic mass is 15.3. The highest BCUT2D eigenvalue weighted by Crippen LogP contribution is 2.12. The zero-order chi connectivity index (χ0) is 11.4. The molecule has 4 nitrogen and oxygen atoms in total. The van der Waals surface area contributed by atoms with E-state index in [9.17, 15) is 0 Å². The van der Waals surface area contributed by atoms with E-state index in [-0.39, 0.29) is 0 Å². The van der Waals surface area contributed by atoms with Crippen molar-refractivity contribution in [2.24, 2.45) is 0 Å². The van der Waals surface area contributed by atoms with Crippen molar-refractivity contribution in [1.82, 2.24) is 20.0 Å². The van der Waals surface area contributed by atoms with Gasteiger partial charge in [0.2, 0.25) is 0 Å². The van der Waals surface area contributed by atoms with Crippen LogP contribution in [0.4, 0.5) is 0 Å². The molecule has 1 aromatic rings. The SMILES string of the molecule is CNCc1c(C)nn(CCN(C)C)c1C. The van der Waals surface area contributed by atoms with Crippen LogP contribution in [0, 0.1) is 13.8 Å². The van der Waals surface area contributed by atoms with Gasteiger partial charge in [-0.05, 0) is 35.0 Å². The Hall–Kier alpha value is -0.870. The van der Waals surface area contributed by atoms with Crippen molar-refractivity contribution in [2.75, 3.05) is 27.7 Å². The molecule has 1 heterocycles. The van der Waals surface area contributed by atoms with Gasteiger partial charge >= 0.3 is 0 Å². The monoisotopic (exact) mass is 210 g/mol. The fourth-order valence-electron chi connectivity index (χ4n) is 1.68. The van der Waals surface area contributed by atoms with E-state index in [0.717, 1.165) is 25.3 Å². The van der Waals surface area contributed by atoms with Gasteiger partial charge < -0.3 is 10.2 Å². The zero-order valence-electron chi connectivity index (χ0n) is 10.5. The maximum atomic E-state index is 4.55. The van der Waals surface area contributed by atoms with Crippen LogP contribution in [-0.4, -0.2) is 42.4 Å². The second-order valence-corrected chi connectivity index (χ2v) is 4.21. The van der Waals surface area contributed by atoms with Gasteiger partial charge in [-0.3, -0.25) is 4.68 Å². The van der Waals surface area contributed by atoms with Crippen LogP contribution >= 0.6 is 0 Å². The molecule has 0 fully saturated rings. The van der Waals surface area contributed by atoms with Crippen LogP contribution in [-0.2, 0) is 13.1 Å². The Morgan fingerprint density at radius 3 is 2.53 bits per heavy atom. The number of nitrogens with one attached hydrogen (secondary N) is 1. The normalized spacial score (nSPS) is 11.3. The summed E-state index contributed by atoms with van der Waals surface area (Å²) >= 11 is 0. The Bertz CT molecular complexity index is 315. The van der Waals surface area contributed by atoms with Gasteiger partial charge in [-0.2, -0.15) is 5.10 Å². The Labute approximate surface area is 92.3 Å². The van der Waals surface area contributed by atoms with E-state index in [2.05, 4.69) is 47.9 Å². The third-order valence-corrected chi connectivity index (χ3v) is 2.64. The van der Waals surface area contributed by atoms with Crippen LogP contribution in [0.5, 0.6) is 0 Å². The van der Waals surface area contributed by atoms with Gasteiger partial charge in [0.05, 0.1) is 12.2 Å². The summed E-state index contributed by atoms with van der Waals surface area (Å²) in [6.07, 6.45) is 0. The molecule has 0 saturated carbocycles. The van der Waals surface area contributed by atoms with Gasteiger partial charge in [-0.15, -0.1) is 0 Å². The van der Waals surface area contributed by atoms with E-state index in [1.165, 1.54) is 11.3 Å². The number of aromatic nitrogens is 2. The standard InChI is InChI=1S/C11H22N4/c1-9-11(8-12-3)10(2)15(13-9)7-6-14(4)5/h12H,6-8H2,1-5H3. The molecule has 1 rings (SSSR count). The fraction of sp³-hybridized carbons (Fsp3) is 0.727. The summed E-state index contributed by atoms with van der Waals surface area (Å²) in [5.74, 6) is 0. The Morgan fingerprint density at radius 1 is 1.33 bits per heavy atom. The molecule has 0 saturated heterocycles. The Balaban J connectivity index is 2.77. The predicted molar refractivity (Wildman–Crippen MR) is 63.0 cm³/mol. The lowest BCUT2D eigenvalue weighted by Crippen LogP contribution is -2.19. The van der Waals surface area contributed by atoms with E-state index < -0.39 is 0 Å². The Morgan fingerprint density at radius 2 is 2.00 bits per heavy atom. The summed E-state index contributed by atoms with van der Waals surface area (Å²) in [7, 11) is 6.14. The molecule has 0 amide bonds. The molecule has 4 heteroatoms. The number of hydrogen-bond donors (Lipinski definition) is 1. The van der Waals surface area contributed by atoms with Gasteiger partial charge in [-0.1, -0.05) is 0 Å². The third-order valence-electron chi connectivity index (χ3n) is 2.64. The summed E-state index contributed by atoms with van der Waals surface area (Å²) in [6.45, 7) is 7.11. The second-order valence-electron chi connectivity index (χ2n) is 4.21. The molecule has 0 aliphatic carbocycles. The molecule has 0 spiro atoms. The number of hydrogen-bond acceptors (Lipinski definition) is 3. The molecular weight excluding hydrogens is 188 g/mol. The lowest BCUT2D eigenvalue weighted by atomic mass is 10.2. The van der Waals surface area contributed by atoms with Crippen LogP contribution in [0.3, 0.4) is 0 Å². The summed E-state index contributed by atoms with van der Waals surface area (Å²) < 4.78 is 2.10. The van der Waals surface area contributed by atoms with Crippen molar-refractivity contribution >= 4 is 0 Å². The minimum Gasteiger partial charge on any atom is -0.316 e. The van der Waals surface area contributed by atoms with Crippen molar-refractivity contribution in [3.63, 3.8) is 0 Å². The maximum absolute atomic E-state index is 4.55. The molecule has 15 heavy (non-hydrogen) atoms. The molecule has 0 aliphatic heterocycles. The number of rotatable bonds is 5. The molecular formula is C11H22N4. The summed E-state index contributed by atoms with van der Waals surface area (Å²) in [5, 5.41) is 7.73. The molecule has 86 valence electrons. The number of aryl methyl sites for hydroxylation is 1. The summed E-state index contributed by atoms with van der Waals surface area (Å²) in [6, 6.07) is 0. The molecule has 1 N–H and O–H groups in total. The minimum atomic E-state index is 0.902. The lowest BCUT2D eigenvalue weighted by Gasteiger charge is -2.10. The zero-order valence-corrected chi connectivity index (χ0v) is 10.5. The maximum Gasteiger partial charge on any atom is 0.0641 e. The van der Waals surface area contributed by atoms with Crippen molar-refractivity contribution in [1.29, 1.82) is 0 Å². The molecule has 0 unspecified atom stereocenters. The molecule has 0 bridgehead atoms. The first kappa shape index (κ1) is 12.2. The number of likely N-dealkylation sites (N-methyl/N-ethyl adjacent to an activating group) is 1. The summed E-state index contributed by atoms with van der Waals surface area (Å²) in [5.41, 5.74) is 3.75. The third kappa shape index (κ3) is 3.04. The topological polar surface area (TPSA) is 33.1 Å². The van der Waals surface area contributed by atoms with E-state index in [0.29, 0.717) is 0 Å². The van der Waals surface area contributed by atoms with Crippen LogP contribution in [0.15, 0.2) is 0 Å². The highest BCUT2D eigenvalue weighted by molar-refractivity contribution is 5.24. The number of nitrogens with zero attached hydrogens (tertiary/aromatic N) is 3. The quantitative estimate of drug-likeness (QED) is 0.779. The van der Waals surface area contributed by atoms with Crippen molar-refractivity contribution < 1.29 is 0 Å². The Kier molecular flexibility index (Phi) is 4.29. The van der Waals surface area contributed by atoms with E-state index in [4.69, 9.17) is 0 Å².